The Morgan fingerprint density at radius 2 is 0.774 bits per heavy atom. The maximum Gasteiger partial charge on any atom is 0.159 e. The molecule has 13 aromatic rings. The number of benzene rings is 12. The van der Waals surface area contributed by atoms with Crippen molar-refractivity contribution in [1.29, 1.82) is 0 Å². The van der Waals surface area contributed by atoms with E-state index in [1.54, 1.807) is 0 Å². The van der Waals surface area contributed by atoms with Crippen molar-refractivity contribution in [2.75, 3.05) is 9.80 Å². The lowest BCUT2D eigenvalue weighted by Gasteiger charge is -2.32. The molecule has 0 amide bonds. The molecule has 0 aliphatic carbocycles. The number of anilines is 6. The van der Waals surface area contributed by atoms with Gasteiger partial charge in [-0.1, -0.05) is 227 Å². The zero-order valence-corrected chi connectivity index (χ0v) is 50.2. The molecule has 1 N–H and O–H groups in total. The molecule has 0 aliphatic heterocycles. The Kier molecular flexibility index (Phi) is 14.1. The number of phenolic OH excluding ortho intramolecular Hbond substituents is 1. The minimum absolute atomic E-state index is 0.173. The van der Waals surface area contributed by atoms with E-state index in [2.05, 4.69) is 291 Å². The number of furan rings is 1. The first-order chi connectivity index (χ1) is 40.8. The van der Waals surface area contributed by atoms with Crippen LogP contribution in [0.4, 0.5) is 34.1 Å². The topological polar surface area (TPSA) is 39.9 Å². The molecule has 13 rings (SSSR count). The first-order valence-corrected chi connectivity index (χ1v) is 30.4. The summed E-state index contributed by atoms with van der Waals surface area (Å²) in [6.07, 6.45) is 1.86. The van der Waals surface area contributed by atoms with Crippen LogP contribution in [0.2, 0.25) is 0 Å². The average Bonchev–Trinajstić information content (AvgIpc) is 1.26. The summed E-state index contributed by atoms with van der Waals surface area (Å²) in [6.45, 7) is 22.7. The summed E-state index contributed by atoms with van der Waals surface area (Å²) in [6, 6.07) is 78.0. The van der Waals surface area contributed by atoms with Crippen LogP contribution in [0.1, 0.15) is 126 Å². The van der Waals surface area contributed by atoms with E-state index in [1.165, 1.54) is 66.1 Å². The number of phenols is 1. The highest BCUT2D eigenvalue weighted by Crippen LogP contribution is 2.54. The minimum Gasteiger partial charge on any atom is -0.505 e. The SMILES string of the molecule is CCc1ccccc1-c1cccc(-c2cccc(N(c3ccc(C(C)C)cc3)c3cc(C(C)C)c4ccc5c(N(c6ccc(C(C)C)cc6)c6cccc7c6oc6c(-c8ccccc8CC)cccc67)cc(C(C)C)c6ccc3c4c65)c2O)c1. The summed E-state index contributed by atoms with van der Waals surface area (Å²) in [7, 11) is 0. The first-order valence-electron chi connectivity index (χ1n) is 30.4. The minimum atomic E-state index is 0.173. The van der Waals surface area contributed by atoms with Crippen molar-refractivity contribution in [2.24, 2.45) is 0 Å². The summed E-state index contributed by atoms with van der Waals surface area (Å²) in [5.74, 6) is 1.32. The monoisotopic (exact) mass is 1090 g/mol. The van der Waals surface area contributed by atoms with Crippen LogP contribution in [0, 0.1) is 0 Å². The average molecular weight is 1100 g/mol. The molecule has 0 saturated heterocycles. The van der Waals surface area contributed by atoms with Gasteiger partial charge >= 0.3 is 0 Å². The van der Waals surface area contributed by atoms with Gasteiger partial charge in [0.1, 0.15) is 11.3 Å². The molecule has 0 spiro atoms. The molecule has 0 atom stereocenters. The number of para-hydroxylation sites is 3. The second kappa shape index (κ2) is 21.9. The number of nitrogens with zero attached hydrogens (tertiary/aromatic N) is 2. The molecule has 4 heteroatoms. The van der Waals surface area contributed by atoms with Crippen LogP contribution in [0.5, 0.6) is 5.75 Å². The van der Waals surface area contributed by atoms with Crippen molar-refractivity contribution in [3.63, 3.8) is 0 Å². The van der Waals surface area contributed by atoms with Gasteiger partial charge in [-0.2, -0.15) is 0 Å². The fraction of sp³-hybridized carbons (Fsp3) is 0.200. The molecule has 416 valence electrons. The summed E-state index contributed by atoms with van der Waals surface area (Å²) in [5, 5.41) is 22.5. The van der Waals surface area contributed by atoms with Crippen LogP contribution in [0.25, 0.3) is 87.6 Å². The highest BCUT2D eigenvalue weighted by atomic mass is 16.3. The van der Waals surface area contributed by atoms with Crippen molar-refractivity contribution in [3.8, 4) is 39.1 Å². The first kappa shape index (κ1) is 54.1. The van der Waals surface area contributed by atoms with Gasteiger partial charge in [0, 0.05) is 44.0 Å². The predicted molar refractivity (Wildman–Crippen MR) is 360 cm³/mol. The Bertz CT molecular complexity index is 4600. The quantitative estimate of drug-likeness (QED) is 0.104. The molecule has 12 aromatic carbocycles. The van der Waals surface area contributed by atoms with Gasteiger partial charge in [-0.15, -0.1) is 0 Å². The van der Waals surface area contributed by atoms with Crippen LogP contribution >= 0.6 is 0 Å². The zero-order chi connectivity index (χ0) is 58.1. The molecular weight excluding hydrogens is 1020 g/mol. The molecule has 0 aliphatic rings. The molecule has 4 nitrogen and oxygen atoms in total. The van der Waals surface area contributed by atoms with Crippen molar-refractivity contribution in [3.05, 3.63) is 246 Å². The number of hydrogen-bond donors (Lipinski definition) is 1. The van der Waals surface area contributed by atoms with Crippen molar-refractivity contribution >= 4 is 88.4 Å². The molecule has 0 unspecified atom stereocenters. The van der Waals surface area contributed by atoms with E-state index in [0.29, 0.717) is 17.5 Å². The number of aromatic hydroxyl groups is 1. The van der Waals surface area contributed by atoms with Crippen LogP contribution < -0.4 is 9.80 Å². The molecule has 1 heterocycles. The summed E-state index contributed by atoms with van der Waals surface area (Å²) in [5.41, 5.74) is 21.6. The Labute approximate surface area is 495 Å². The van der Waals surface area contributed by atoms with E-state index in [4.69, 9.17) is 4.42 Å². The van der Waals surface area contributed by atoms with Crippen molar-refractivity contribution in [1.82, 2.24) is 0 Å². The van der Waals surface area contributed by atoms with Gasteiger partial charge < -0.3 is 19.3 Å². The lowest BCUT2D eigenvalue weighted by molar-refractivity contribution is 0.478. The standard InChI is InChI=1S/C80H74N2O2/c1-11-52-21-13-15-25-60(52)56-23-17-24-57(45-56)62-27-19-31-72(78(62)83)81(58-37-33-54(34-38-58)48(3)4)74-46-70(50(7)8)63-42-44-69-75(47-71(51(9)10)64-41-43-68(74)76(63)77(64)69)82(59-39-35-55(36-40-59)49(5)6)73-32-20-30-67-66-29-18-28-65(79(66)84-80(67)73)61-26-16-14-22-53(61)12-2/h13-51,83H,11-12H2,1-10H3. The van der Waals surface area contributed by atoms with Crippen LogP contribution in [-0.4, -0.2) is 5.11 Å². The summed E-state index contributed by atoms with van der Waals surface area (Å²) in [4.78, 5) is 4.79. The van der Waals surface area contributed by atoms with Gasteiger partial charge in [-0.3, -0.25) is 0 Å². The van der Waals surface area contributed by atoms with Gasteiger partial charge in [-0.25, -0.2) is 0 Å². The number of rotatable bonds is 15. The molecule has 84 heavy (non-hydrogen) atoms. The maximum absolute atomic E-state index is 13.1. The second-order valence-electron chi connectivity index (χ2n) is 24.2. The van der Waals surface area contributed by atoms with Crippen molar-refractivity contribution < 1.29 is 9.52 Å². The normalized spacial score (nSPS) is 12.0. The van der Waals surface area contributed by atoms with Crippen LogP contribution in [0.15, 0.2) is 217 Å². The van der Waals surface area contributed by atoms with E-state index < -0.39 is 0 Å². The number of hydrogen-bond acceptors (Lipinski definition) is 4. The Balaban J connectivity index is 1.09. The fourth-order valence-electron chi connectivity index (χ4n) is 13.4. The third-order valence-electron chi connectivity index (χ3n) is 17.9. The number of fused-ring (bicyclic) bond motifs is 3. The number of aryl methyl sites for hydroxylation is 2. The lowest BCUT2D eigenvalue weighted by Crippen LogP contribution is -2.13. The molecule has 1 aromatic heterocycles. The van der Waals surface area contributed by atoms with E-state index in [-0.39, 0.29) is 17.6 Å². The lowest BCUT2D eigenvalue weighted by atomic mass is 9.84. The largest absolute Gasteiger partial charge is 0.505 e. The second-order valence-corrected chi connectivity index (χ2v) is 24.2. The van der Waals surface area contributed by atoms with Gasteiger partial charge in [0.15, 0.2) is 5.58 Å². The maximum atomic E-state index is 13.1. The Morgan fingerprint density at radius 1 is 0.345 bits per heavy atom. The third kappa shape index (κ3) is 9.15. The Hall–Kier alpha value is -9.12. The van der Waals surface area contributed by atoms with Gasteiger partial charge in [0.05, 0.1) is 22.7 Å². The smallest absolute Gasteiger partial charge is 0.159 e. The van der Waals surface area contributed by atoms with Crippen LogP contribution in [0.3, 0.4) is 0 Å². The molecule has 0 bridgehead atoms. The molecule has 0 radical (unpaired) electrons. The van der Waals surface area contributed by atoms with Gasteiger partial charge in [-0.05, 0) is 168 Å². The van der Waals surface area contributed by atoms with Gasteiger partial charge in [0.25, 0.3) is 0 Å². The summed E-state index contributed by atoms with van der Waals surface area (Å²) >= 11 is 0. The Morgan fingerprint density at radius 3 is 1.32 bits per heavy atom. The molecular formula is C80H74N2O2. The fourth-order valence-corrected chi connectivity index (χ4v) is 13.4. The van der Waals surface area contributed by atoms with Gasteiger partial charge in [0.2, 0.25) is 0 Å². The molecule has 0 fully saturated rings. The zero-order valence-electron chi connectivity index (χ0n) is 50.2. The van der Waals surface area contributed by atoms with Crippen LogP contribution in [-0.2, 0) is 12.8 Å². The van der Waals surface area contributed by atoms with Crippen molar-refractivity contribution in [2.45, 2.75) is 106 Å². The van der Waals surface area contributed by atoms with E-state index >= 15 is 0 Å². The van der Waals surface area contributed by atoms with E-state index in [9.17, 15) is 5.11 Å². The molecule has 0 saturated carbocycles. The highest BCUT2D eigenvalue weighted by Gasteiger charge is 2.29. The van der Waals surface area contributed by atoms with E-state index in [1.807, 2.05) is 0 Å². The third-order valence-corrected chi connectivity index (χ3v) is 17.9. The van der Waals surface area contributed by atoms with E-state index in [0.717, 1.165) is 96.2 Å². The predicted octanol–water partition coefficient (Wildman–Crippen LogP) is 23.7. The summed E-state index contributed by atoms with van der Waals surface area (Å²) < 4.78 is 7.36. The highest BCUT2D eigenvalue weighted by molar-refractivity contribution is 6.30.